The first-order chi connectivity index (χ1) is 6.76. The molecule has 0 saturated heterocycles. The average molecular weight is 250 g/mol. The van der Waals surface area contributed by atoms with Crippen molar-refractivity contribution in [1.82, 2.24) is 5.32 Å². The lowest BCUT2D eigenvalue weighted by Crippen LogP contribution is -2.29. The highest BCUT2D eigenvalue weighted by atomic mass is 35.5. The van der Waals surface area contributed by atoms with Gasteiger partial charge in [0, 0.05) is 23.2 Å². The molecule has 1 rings (SSSR count). The molecule has 80 valence electrons. The van der Waals surface area contributed by atoms with Gasteiger partial charge in [-0.3, -0.25) is 0 Å². The van der Waals surface area contributed by atoms with E-state index in [-0.39, 0.29) is 0 Å². The first kappa shape index (κ1) is 12.4. The molecule has 1 heterocycles. The fourth-order valence-electron chi connectivity index (χ4n) is 1.21. The fraction of sp³-hybridized carbons (Fsp3) is 0.600. The quantitative estimate of drug-likeness (QED) is 0.826. The van der Waals surface area contributed by atoms with E-state index in [1.165, 1.54) is 17.1 Å². The number of rotatable bonds is 6. The molecule has 1 atom stereocenters. The summed E-state index contributed by atoms with van der Waals surface area (Å²) in [5, 5.41) is 3.53. The van der Waals surface area contributed by atoms with Crippen LogP contribution in [-0.2, 0) is 6.54 Å². The van der Waals surface area contributed by atoms with Crippen LogP contribution < -0.4 is 5.32 Å². The largest absolute Gasteiger partial charge is 0.308 e. The molecule has 0 saturated carbocycles. The van der Waals surface area contributed by atoms with E-state index in [1.54, 1.807) is 11.3 Å². The average Bonchev–Trinajstić information content (AvgIpc) is 2.59. The van der Waals surface area contributed by atoms with Gasteiger partial charge in [0.05, 0.1) is 4.34 Å². The molecule has 0 spiro atoms. The summed E-state index contributed by atoms with van der Waals surface area (Å²) in [7, 11) is 0. The minimum atomic E-state index is 0.617. The van der Waals surface area contributed by atoms with E-state index < -0.39 is 0 Å². The second kappa shape index (κ2) is 6.72. The van der Waals surface area contributed by atoms with Crippen LogP contribution in [0, 0.1) is 0 Å². The Morgan fingerprint density at radius 2 is 2.36 bits per heavy atom. The molecule has 1 aromatic rings. The predicted molar refractivity (Wildman–Crippen MR) is 68.6 cm³/mol. The number of nitrogens with one attached hydrogen (secondary N) is 1. The number of hydrogen-bond acceptors (Lipinski definition) is 3. The van der Waals surface area contributed by atoms with Crippen molar-refractivity contribution in [3.63, 3.8) is 0 Å². The molecule has 14 heavy (non-hydrogen) atoms. The molecule has 0 radical (unpaired) electrons. The smallest absolute Gasteiger partial charge is 0.0931 e. The van der Waals surface area contributed by atoms with E-state index >= 15 is 0 Å². The van der Waals surface area contributed by atoms with E-state index in [2.05, 4.69) is 24.6 Å². The number of thioether (sulfide) groups is 1. The summed E-state index contributed by atoms with van der Waals surface area (Å²) in [4.78, 5) is 1.31. The lowest BCUT2D eigenvalue weighted by Gasteiger charge is -2.14. The van der Waals surface area contributed by atoms with E-state index in [0.717, 1.165) is 10.9 Å². The maximum Gasteiger partial charge on any atom is 0.0931 e. The van der Waals surface area contributed by atoms with Crippen LogP contribution in [0.15, 0.2) is 12.1 Å². The first-order valence-corrected chi connectivity index (χ1v) is 7.31. The number of thiophene rings is 1. The molecule has 0 aromatic carbocycles. The second-order valence-corrected chi connectivity index (χ2v) is 5.86. The molecule has 1 N–H and O–H groups in total. The van der Waals surface area contributed by atoms with Crippen LogP contribution in [0.5, 0.6) is 0 Å². The molecular formula is C10H16ClNS2. The van der Waals surface area contributed by atoms with Gasteiger partial charge >= 0.3 is 0 Å². The van der Waals surface area contributed by atoms with Gasteiger partial charge in [-0.05, 0) is 24.8 Å². The minimum absolute atomic E-state index is 0.617. The SMILES string of the molecule is CCC(CSC)NCc1ccc(Cl)s1. The number of hydrogen-bond donors (Lipinski definition) is 1. The Bertz CT molecular complexity index is 262. The van der Waals surface area contributed by atoms with Crippen LogP contribution in [-0.4, -0.2) is 18.1 Å². The van der Waals surface area contributed by atoms with Crippen LogP contribution in [0.25, 0.3) is 0 Å². The fourth-order valence-corrected chi connectivity index (χ4v) is 3.01. The maximum atomic E-state index is 5.86. The van der Waals surface area contributed by atoms with Crippen molar-refractivity contribution in [2.45, 2.75) is 25.9 Å². The van der Waals surface area contributed by atoms with Gasteiger partial charge in [-0.15, -0.1) is 11.3 Å². The van der Waals surface area contributed by atoms with E-state index in [1.807, 2.05) is 17.8 Å². The van der Waals surface area contributed by atoms with E-state index in [4.69, 9.17) is 11.6 Å². The summed E-state index contributed by atoms with van der Waals surface area (Å²) >= 11 is 9.40. The lowest BCUT2D eigenvalue weighted by molar-refractivity contribution is 0.544. The van der Waals surface area contributed by atoms with Crippen molar-refractivity contribution in [1.29, 1.82) is 0 Å². The van der Waals surface area contributed by atoms with Crippen molar-refractivity contribution in [2.75, 3.05) is 12.0 Å². The molecule has 1 unspecified atom stereocenters. The third-order valence-electron chi connectivity index (χ3n) is 2.05. The lowest BCUT2D eigenvalue weighted by atomic mass is 10.2. The molecule has 0 bridgehead atoms. The highest BCUT2D eigenvalue weighted by molar-refractivity contribution is 7.98. The Kier molecular flexibility index (Phi) is 5.94. The van der Waals surface area contributed by atoms with Gasteiger partial charge in [-0.1, -0.05) is 18.5 Å². The van der Waals surface area contributed by atoms with E-state index in [0.29, 0.717) is 6.04 Å². The van der Waals surface area contributed by atoms with Crippen LogP contribution in [0.3, 0.4) is 0 Å². The molecule has 0 amide bonds. The van der Waals surface area contributed by atoms with Crippen LogP contribution in [0.4, 0.5) is 0 Å². The van der Waals surface area contributed by atoms with Gasteiger partial charge in [-0.2, -0.15) is 11.8 Å². The Morgan fingerprint density at radius 1 is 1.57 bits per heavy atom. The standard InChI is InChI=1S/C10H16ClNS2/c1-3-8(7-13-2)12-6-9-4-5-10(11)14-9/h4-5,8,12H,3,6-7H2,1-2H3. The molecule has 1 aromatic heterocycles. The summed E-state index contributed by atoms with van der Waals surface area (Å²) in [6, 6.07) is 4.66. The molecule has 0 aliphatic heterocycles. The Labute approximate surface area is 99.2 Å². The van der Waals surface area contributed by atoms with Gasteiger partial charge in [0.2, 0.25) is 0 Å². The molecule has 0 fully saturated rings. The third kappa shape index (κ3) is 4.22. The van der Waals surface area contributed by atoms with Crippen molar-refractivity contribution in [3.8, 4) is 0 Å². The highest BCUT2D eigenvalue weighted by Crippen LogP contribution is 2.21. The Balaban J connectivity index is 2.31. The number of halogens is 1. The zero-order chi connectivity index (χ0) is 10.4. The van der Waals surface area contributed by atoms with Crippen molar-refractivity contribution >= 4 is 34.7 Å². The van der Waals surface area contributed by atoms with Crippen LogP contribution in [0.2, 0.25) is 4.34 Å². The van der Waals surface area contributed by atoms with Crippen LogP contribution >= 0.6 is 34.7 Å². The van der Waals surface area contributed by atoms with Crippen molar-refractivity contribution in [3.05, 3.63) is 21.3 Å². The van der Waals surface area contributed by atoms with Gasteiger partial charge in [-0.25, -0.2) is 0 Å². The molecule has 0 aliphatic carbocycles. The van der Waals surface area contributed by atoms with Gasteiger partial charge in [0.1, 0.15) is 0 Å². The first-order valence-electron chi connectivity index (χ1n) is 4.72. The summed E-state index contributed by atoms with van der Waals surface area (Å²) in [6.45, 7) is 3.16. The highest BCUT2D eigenvalue weighted by Gasteiger charge is 2.05. The molecular weight excluding hydrogens is 234 g/mol. The molecule has 4 heteroatoms. The van der Waals surface area contributed by atoms with Gasteiger partial charge in [0.15, 0.2) is 0 Å². The monoisotopic (exact) mass is 249 g/mol. The van der Waals surface area contributed by atoms with Crippen LogP contribution in [0.1, 0.15) is 18.2 Å². The van der Waals surface area contributed by atoms with Crippen molar-refractivity contribution < 1.29 is 0 Å². The Morgan fingerprint density at radius 3 is 2.86 bits per heavy atom. The zero-order valence-electron chi connectivity index (χ0n) is 8.55. The second-order valence-electron chi connectivity index (χ2n) is 3.15. The topological polar surface area (TPSA) is 12.0 Å². The van der Waals surface area contributed by atoms with Gasteiger partial charge < -0.3 is 5.32 Å². The molecule has 1 nitrogen and oxygen atoms in total. The zero-order valence-corrected chi connectivity index (χ0v) is 10.9. The predicted octanol–water partition coefficient (Wildman–Crippen LogP) is 3.63. The third-order valence-corrected chi connectivity index (χ3v) is 4.02. The summed E-state index contributed by atoms with van der Waals surface area (Å²) in [5.74, 6) is 1.18. The van der Waals surface area contributed by atoms with E-state index in [9.17, 15) is 0 Å². The minimum Gasteiger partial charge on any atom is -0.308 e. The van der Waals surface area contributed by atoms with Crippen molar-refractivity contribution in [2.24, 2.45) is 0 Å². The normalized spacial score (nSPS) is 13.1. The van der Waals surface area contributed by atoms with Gasteiger partial charge in [0.25, 0.3) is 0 Å². The molecule has 0 aliphatic rings. The summed E-state index contributed by atoms with van der Waals surface area (Å²) < 4.78 is 0.875. The summed E-state index contributed by atoms with van der Waals surface area (Å²) in [5.41, 5.74) is 0. The maximum absolute atomic E-state index is 5.86. The summed E-state index contributed by atoms with van der Waals surface area (Å²) in [6.07, 6.45) is 3.33. The Hall–Kier alpha value is 0.300.